The van der Waals surface area contributed by atoms with Crippen LogP contribution < -0.4 is 5.32 Å². The maximum atomic E-state index is 12.9. The molecule has 120 valence electrons. The van der Waals surface area contributed by atoms with E-state index in [-0.39, 0.29) is 11.9 Å². The molecule has 0 bridgehead atoms. The van der Waals surface area contributed by atoms with Crippen molar-refractivity contribution in [1.29, 1.82) is 0 Å². The van der Waals surface area contributed by atoms with Gasteiger partial charge in [0.05, 0.1) is 18.1 Å². The van der Waals surface area contributed by atoms with Gasteiger partial charge < -0.3 is 5.32 Å². The van der Waals surface area contributed by atoms with Crippen molar-refractivity contribution in [3.63, 3.8) is 0 Å². The first-order valence-electron chi connectivity index (χ1n) is 7.18. The number of hydrogen-bond acceptors (Lipinski definition) is 4. The maximum Gasteiger partial charge on any atom is 0.211 e. The molecule has 0 aliphatic carbocycles. The molecule has 0 radical (unpaired) electrons. The molecule has 1 aromatic rings. The van der Waals surface area contributed by atoms with Crippen LogP contribution in [-0.4, -0.2) is 43.6 Å². The van der Waals surface area contributed by atoms with Gasteiger partial charge in [0.25, 0.3) is 0 Å². The Morgan fingerprint density at radius 2 is 2.10 bits per heavy atom. The molecule has 0 aliphatic heterocycles. The lowest BCUT2D eigenvalue weighted by Crippen LogP contribution is -2.33. The summed E-state index contributed by atoms with van der Waals surface area (Å²) < 4.78 is 37.2. The SMILES string of the molecule is CCC(NCCCN(CC)S(C)(=O)=O)c1ccc(F)cn1. The van der Waals surface area contributed by atoms with Crippen LogP contribution >= 0.6 is 0 Å². The smallest absolute Gasteiger partial charge is 0.211 e. The summed E-state index contributed by atoms with van der Waals surface area (Å²) in [6, 6.07) is 3.12. The van der Waals surface area contributed by atoms with Crippen molar-refractivity contribution in [2.75, 3.05) is 25.9 Å². The van der Waals surface area contributed by atoms with Gasteiger partial charge in [0.15, 0.2) is 0 Å². The molecule has 1 heterocycles. The zero-order chi connectivity index (χ0) is 15.9. The van der Waals surface area contributed by atoms with Crippen LogP contribution in [0.4, 0.5) is 4.39 Å². The van der Waals surface area contributed by atoms with Crippen LogP contribution in [0.3, 0.4) is 0 Å². The summed E-state index contributed by atoms with van der Waals surface area (Å²) in [5.74, 6) is -0.347. The van der Waals surface area contributed by atoms with Crippen LogP contribution in [0.5, 0.6) is 0 Å². The second-order valence-corrected chi connectivity index (χ2v) is 6.91. The molecule has 0 aromatic carbocycles. The summed E-state index contributed by atoms with van der Waals surface area (Å²) in [6.07, 6.45) is 3.99. The van der Waals surface area contributed by atoms with Crippen LogP contribution in [0.1, 0.15) is 38.4 Å². The first kappa shape index (κ1) is 18.0. The molecule has 7 heteroatoms. The molecule has 1 rings (SSSR count). The zero-order valence-corrected chi connectivity index (χ0v) is 13.7. The predicted molar refractivity (Wildman–Crippen MR) is 81.9 cm³/mol. The summed E-state index contributed by atoms with van der Waals surface area (Å²) in [7, 11) is -3.13. The quantitative estimate of drug-likeness (QED) is 0.707. The lowest BCUT2D eigenvalue weighted by molar-refractivity contribution is 0.407. The number of nitrogens with zero attached hydrogens (tertiary/aromatic N) is 2. The van der Waals surface area contributed by atoms with Crippen molar-refractivity contribution < 1.29 is 12.8 Å². The molecule has 0 spiro atoms. The largest absolute Gasteiger partial charge is 0.309 e. The minimum absolute atomic E-state index is 0.0545. The number of hydrogen-bond donors (Lipinski definition) is 1. The first-order chi connectivity index (χ1) is 9.88. The van der Waals surface area contributed by atoms with Gasteiger partial charge in [-0.2, -0.15) is 0 Å². The van der Waals surface area contributed by atoms with Crippen molar-refractivity contribution >= 4 is 10.0 Å². The van der Waals surface area contributed by atoms with Crippen LogP contribution in [0.2, 0.25) is 0 Å². The molecule has 0 fully saturated rings. The second-order valence-electron chi connectivity index (χ2n) is 4.92. The zero-order valence-electron chi connectivity index (χ0n) is 12.8. The minimum atomic E-state index is -3.13. The lowest BCUT2D eigenvalue weighted by Gasteiger charge is -2.20. The van der Waals surface area contributed by atoms with E-state index in [1.54, 1.807) is 6.07 Å². The van der Waals surface area contributed by atoms with E-state index in [0.717, 1.165) is 18.5 Å². The van der Waals surface area contributed by atoms with E-state index in [0.29, 0.717) is 19.6 Å². The highest BCUT2D eigenvalue weighted by Crippen LogP contribution is 2.14. The number of rotatable bonds is 9. The molecule has 0 amide bonds. The van der Waals surface area contributed by atoms with Crippen LogP contribution in [-0.2, 0) is 10.0 Å². The Bertz CT molecular complexity index is 520. The Morgan fingerprint density at radius 3 is 2.57 bits per heavy atom. The van der Waals surface area contributed by atoms with Gasteiger partial charge in [0.2, 0.25) is 10.0 Å². The monoisotopic (exact) mass is 317 g/mol. The fourth-order valence-electron chi connectivity index (χ4n) is 2.14. The summed E-state index contributed by atoms with van der Waals surface area (Å²) in [5.41, 5.74) is 0.800. The maximum absolute atomic E-state index is 12.9. The van der Waals surface area contributed by atoms with Crippen LogP contribution in [0, 0.1) is 5.82 Å². The molecule has 1 atom stereocenters. The Hall–Kier alpha value is -1.05. The molecule has 5 nitrogen and oxygen atoms in total. The standard InChI is InChI=1S/C14H24FN3O2S/c1-4-13(14-8-7-12(15)11-17-14)16-9-6-10-18(5-2)21(3,19)20/h7-8,11,13,16H,4-6,9-10H2,1-3H3. The topological polar surface area (TPSA) is 62.3 Å². The van der Waals surface area contributed by atoms with Gasteiger partial charge in [-0.05, 0) is 31.5 Å². The Balaban J connectivity index is 2.44. The summed E-state index contributed by atoms with van der Waals surface area (Å²) in [6.45, 7) is 5.51. The van der Waals surface area contributed by atoms with Gasteiger partial charge in [-0.25, -0.2) is 17.1 Å². The number of sulfonamides is 1. The molecular formula is C14H24FN3O2S. The van der Waals surface area contributed by atoms with Crippen molar-refractivity contribution in [2.45, 2.75) is 32.7 Å². The molecule has 21 heavy (non-hydrogen) atoms. The third-order valence-electron chi connectivity index (χ3n) is 3.31. The second kappa shape index (κ2) is 8.41. The number of halogens is 1. The fraction of sp³-hybridized carbons (Fsp3) is 0.643. The summed E-state index contributed by atoms with van der Waals surface area (Å²) in [4.78, 5) is 4.07. The van der Waals surface area contributed by atoms with Crippen molar-refractivity contribution in [3.8, 4) is 0 Å². The van der Waals surface area contributed by atoms with Crippen molar-refractivity contribution in [2.24, 2.45) is 0 Å². The molecular weight excluding hydrogens is 293 g/mol. The van der Waals surface area contributed by atoms with Crippen LogP contribution in [0.15, 0.2) is 18.3 Å². The number of nitrogens with one attached hydrogen (secondary N) is 1. The van der Waals surface area contributed by atoms with Gasteiger partial charge >= 0.3 is 0 Å². The van der Waals surface area contributed by atoms with Crippen molar-refractivity contribution in [1.82, 2.24) is 14.6 Å². The van der Waals surface area contributed by atoms with Gasteiger partial charge in [-0.3, -0.25) is 4.98 Å². The van der Waals surface area contributed by atoms with E-state index in [2.05, 4.69) is 10.3 Å². The highest BCUT2D eigenvalue weighted by molar-refractivity contribution is 7.88. The van der Waals surface area contributed by atoms with Crippen molar-refractivity contribution in [3.05, 3.63) is 29.8 Å². The van der Waals surface area contributed by atoms with E-state index in [9.17, 15) is 12.8 Å². The average Bonchev–Trinajstić information content (AvgIpc) is 2.43. The molecule has 0 saturated heterocycles. The van der Waals surface area contributed by atoms with E-state index in [1.807, 2.05) is 13.8 Å². The number of pyridine rings is 1. The Kier molecular flexibility index (Phi) is 7.21. The number of aromatic nitrogens is 1. The van der Waals surface area contributed by atoms with Gasteiger partial charge in [0, 0.05) is 19.1 Å². The van der Waals surface area contributed by atoms with E-state index in [1.165, 1.54) is 22.8 Å². The molecule has 0 saturated carbocycles. The third kappa shape index (κ3) is 6.07. The van der Waals surface area contributed by atoms with E-state index >= 15 is 0 Å². The van der Waals surface area contributed by atoms with E-state index < -0.39 is 10.0 Å². The lowest BCUT2D eigenvalue weighted by atomic mass is 10.1. The fourth-order valence-corrected chi connectivity index (χ4v) is 3.07. The molecule has 1 unspecified atom stereocenters. The highest BCUT2D eigenvalue weighted by Gasteiger charge is 2.14. The Labute approximate surface area is 126 Å². The van der Waals surface area contributed by atoms with Gasteiger partial charge in [-0.1, -0.05) is 13.8 Å². The van der Waals surface area contributed by atoms with Gasteiger partial charge in [0.1, 0.15) is 5.82 Å². The first-order valence-corrected chi connectivity index (χ1v) is 9.03. The van der Waals surface area contributed by atoms with Crippen LogP contribution in [0.25, 0.3) is 0 Å². The summed E-state index contributed by atoms with van der Waals surface area (Å²) in [5, 5.41) is 3.33. The Morgan fingerprint density at radius 1 is 1.38 bits per heavy atom. The molecule has 1 N–H and O–H groups in total. The highest BCUT2D eigenvalue weighted by atomic mass is 32.2. The third-order valence-corrected chi connectivity index (χ3v) is 4.69. The minimum Gasteiger partial charge on any atom is -0.309 e. The normalized spacial score (nSPS) is 13.6. The van der Waals surface area contributed by atoms with Gasteiger partial charge in [-0.15, -0.1) is 0 Å². The molecule has 0 aliphatic rings. The average molecular weight is 317 g/mol. The summed E-state index contributed by atoms with van der Waals surface area (Å²) >= 11 is 0. The molecule has 1 aromatic heterocycles. The predicted octanol–water partition coefficient (Wildman–Crippen LogP) is 1.93. The van der Waals surface area contributed by atoms with E-state index in [4.69, 9.17) is 0 Å².